The van der Waals surface area contributed by atoms with Crippen molar-refractivity contribution in [2.24, 2.45) is 0 Å². The molecule has 156 valence electrons. The molecule has 2 N–H and O–H groups in total. The van der Waals surface area contributed by atoms with E-state index in [2.05, 4.69) is 10.0 Å². The fourth-order valence-corrected chi connectivity index (χ4v) is 4.44. The number of methoxy groups -OCH3 is 1. The van der Waals surface area contributed by atoms with Crippen molar-refractivity contribution in [2.75, 3.05) is 17.1 Å². The first-order valence-electron chi connectivity index (χ1n) is 9.09. The van der Waals surface area contributed by atoms with Gasteiger partial charge in [-0.05, 0) is 54.4 Å². The average Bonchev–Trinajstić information content (AvgIpc) is 2.71. The van der Waals surface area contributed by atoms with Crippen molar-refractivity contribution < 1.29 is 17.9 Å². The summed E-state index contributed by atoms with van der Waals surface area (Å²) in [6.07, 6.45) is 0.151. The summed E-state index contributed by atoms with van der Waals surface area (Å²) >= 11 is 6.06. The molecule has 0 bridgehead atoms. The van der Waals surface area contributed by atoms with E-state index in [1.807, 2.05) is 0 Å². The van der Waals surface area contributed by atoms with Gasteiger partial charge >= 0.3 is 0 Å². The van der Waals surface area contributed by atoms with Crippen LogP contribution in [0, 0.1) is 6.92 Å². The second kappa shape index (κ2) is 9.19. The molecule has 0 spiro atoms. The van der Waals surface area contributed by atoms with Crippen LogP contribution in [0.4, 0.5) is 11.4 Å². The van der Waals surface area contributed by atoms with Gasteiger partial charge in [0.25, 0.3) is 10.0 Å². The van der Waals surface area contributed by atoms with Crippen molar-refractivity contribution >= 4 is 38.9 Å². The Hall–Kier alpha value is -3.03. The highest BCUT2D eigenvalue weighted by Gasteiger charge is 2.19. The highest BCUT2D eigenvalue weighted by molar-refractivity contribution is 7.92. The van der Waals surface area contributed by atoms with Crippen LogP contribution in [0.3, 0.4) is 0 Å². The van der Waals surface area contributed by atoms with Gasteiger partial charge in [-0.25, -0.2) is 8.42 Å². The van der Waals surface area contributed by atoms with Crippen molar-refractivity contribution in [2.45, 2.75) is 18.2 Å². The van der Waals surface area contributed by atoms with E-state index in [-0.39, 0.29) is 22.9 Å². The molecule has 0 aliphatic rings. The molecule has 3 aromatic rings. The largest absolute Gasteiger partial charge is 0.497 e. The van der Waals surface area contributed by atoms with Crippen LogP contribution >= 0.6 is 11.6 Å². The topological polar surface area (TPSA) is 84.5 Å². The van der Waals surface area contributed by atoms with Crippen LogP contribution in [0.2, 0.25) is 5.02 Å². The third kappa shape index (κ3) is 5.31. The Labute approximate surface area is 180 Å². The van der Waals surface area contributed by atoms with E-state index in [1.54, 1.807) is 74.7 Å². The van der Waals surface area contributed by atoms with Crippen LogP contribution in [-0.2, 0) is 21.2 Å². The molecule has 0 aliphatic heterocycles. The normalized spacial score (nSPS) is 11.0. The Balaban J connectivity index is 1.77. The number of benzene rings is 3. The summed E-state index contributed by atoms with van der Waals surface area (Å²) in [4.78, 5) is 12.5. The standard InChI is InChI=1S/C22H21ClN2O4S/c1-15-7-10-17(24-22(26)13-16-8-11-18(29-2)12-9-16)14-21(15)30(27,28)25-20-6-4-3-5-19(20)23/h3-12,14,25H,13H2,1-2H3,(H,24,26). The van der Waals surface area contributed by atoms with E-state index < -0.39 is 10.0 Å². The lowest BCUT2D eigenvalue weighted by Crippen LogP contribution is -2.17. The number of hydrogen-bond acceptors (Lipinski definition) is 4. The molecular formula is C22H21ClN2O4S. The average molecular weight is 445 g/mol. The molecule has 0 unspecified atom stereocenters. The molecule has 3 rings (SSSR count). The van der Waals surface area contributed by atoms with Crippen LogP contribution in [0.5, 0.6) is 5.75 Å². The Kier molecular flexibility index (Phi) is 6.64. The summed E-state index contributed by atoms with van der Waals surface area (Å²) in [6.45, 7) is 1.68. The number of ether oxygens (including phenoxy) is 1. The molecule has 8 heteroatoms. The predicted molar refractivity (Wildman–Crippen MR) is 119 cm³/mol. The fraction of sp³-hybridized carbons (Fsp3) is 0.136. The molecule has 0 atom stereocenters. The molecule has 0 heterocycles. The van der Waals surface area contributed by atoms with E-state index in [4.69, 9.17) is 16.3 Å². The van der Waals surface area contributed by atoms with Gasteiger partial charge < -0.3 is 10.1 Å². The predicted octanol–water partition coefficient (Wildman–Crippen LogP) is 4.64. The second-order valence-electron chi connectivity index (χ2n) is 6.64. The van der Waals surface area contributed by atoms with Crippen LogP contribution in [0.25, 0.3) is 0 Å². The third-order valence-electron chi connectivity index (χ3n) is 4.40. The first kappa shape index (κ1) is 21.7. The number of para-hydroxylation sites is 1. The molecule has 30 heavy (non-hydrogen) atoms. The molecule has 1 amide bonds. The second-order valence-corrected chi connectivity index (χ2v) is 8.70. The number of sulfonamides is 1. The summed E-state index contributed by atoms with van der Waals surface area (Å²) in [7, 11) is -2.32. The maximum atomic E-state index is 12.9. The molecule has 0 aromatic heterocycles. The lowest BCUT2D eigenvalue weighted by atomic mass is 10.1. The van der Waals surface area contributed by atoms with E-state index in [9.17, 15) is 13.2 Å². The van der Waals surface area contributed by atoms with E-state index in [0.717, 1.165) is 5.56 Å². The summed E-state index contributed by atoms with van der Waals surface area (Å²) in [5.41, 5.74) is 2.03. The van der Waals surface area contributed by atoms with Crippen molar-refractivity contribution in [3.63, 3.8) is 0 Å². The van der Waals surface area contributed by atoms with Crippen molar-refractivity contribution in [3.05, 3.63) is 82.9 Å². The summed E-state index contributed by atoms with van der Waals surface area (Å²) in [5.74, 6) is 0.449. The minimum atomic E-state index is -3.89. The van der Waals surface area contributed by atoms with Gasteiger partial charge in [0.05, 0.1) is 29.1 Å². The minimum Gasteiger partial charge on any atom is -0.497 e. The number of aryl methyl sites for hydroxylation is 1. The molecule has 6 nitrogen and oxygen atoms in total. The zero-order valence-corrected chi connectivity index (χ0v) is 18.0. The number of hydrogen-bond donors (Lipinski definition) is 2. The summed E-state index contributed by atoms with van der Waals surface area (Å²) < 4.78 is 33.3. The van der Waals surface area contributed by atoms with Gasteiger partial charge in [-0.15, -0.1) is 0 Å². The number of carbonyl (C=O) groups excluding carboxylic acids is 1. The minimum absolute atomic E-state index is 0.0599. The van der Waals surface area contributed by atoms with Crippen LogP contribution in [-0.4, -0.2) is 21.4 Å². The highest BCUT2D eigenvalue weighted by atomic mass is 35.5. The van der Waals surface area contributed by atoms with E-state index in [0.29, 0.717) is 22.0 Å². The lowest BCUT2D eigenvalue weighted by molar-refractivity contribution is -0.115. The Morgan fingerprint density at radius 2 is 1.73 bits per heavy atom. The Morgan fingerprint density at radius 3 is 2.40 bits per heavy atom. The molecule has 0 fully saturated rings. The number of carbonyl (C=O) groups is 1. The smallest absolute Gasteiger partial charge is 0.262 e. The molecular weight excluding hydrogens is 424 g/mol. The number of halogens is 1. The molecule has 0 aliphatic carbocycles. The SMILES string of the molecule is COc1ccc(CC(=O)Nc2ccc(C)c(S(=O)(=O)Nc3ccccc3Cl)c2)cc1. The first-order valence-corrected chi connectivity index (χ1v) is 11.0. The molecule has 0 saturated carbocycles. The van der Waals surface area contributed by atoms with Crippen molar-refractivity contribution in [1.29, 1.82) is 0 Å². The molecule has 0 saturated heterocycles. The van der Waals surface area contributed by atoms with Gasteiger partial charge in [-0.1, -0.05) is 41.9 Å². The lowest BCUT2D eigenvalue weighted by Gasteiger charge is -2.13. The van der Waals surface area contributed by atoms with Crippen LogP contribution in [0.1, 0.15) is 11.1 Å². The number of amides is 1. The van der Waals surface area contributed by atoms with Gasteiger partial charge in [0.1, 0.15) is 5.75 Å². The molecule has 3 aromatic carbocycles. The summed E-state index contributed by atoms with van der Waals surface area (Å²) in [5, 5.41) is 3.04. The third-order valence-corrected chi connectivity index (χ3v) is 6.24. The number of rotatable bonds is 7. The Morgan fingerprint density at radius 1 is 1.03 bits per heavy atom. The highest BCUT2D eigenvalue weighted by Crippen LogP contribution is 2.27. The van der Waals surface area contributed by atoms with E-state index >= 15 is 0 Å². The monoisotopic (exact) mass is 444 g/mol. The van der Waals surface area contributed by atoms with Gasteiger partial charge in [-0.2, -0.15) is 0 Å². The maximum Gasteiger partial charge on any atom is 0.262 e. The van der Waals surface area contributed by atoms with Gasteiger partial charge in [-0.3, -0.25) is 9.52 Å². The van der Waals surface area contributed by atoms with Gasteiger partial charge in [0, 0.05) is 5.69 Å². The van der Waals surface area contributed by atoms with E-state index in [1.165, 1.54) is 6.07 Å². The maximum absolute atomic E-state index is 12.9. The zero-order chi connectivity index (χ0) is 21.7. The Bertz CT molecular complexity index is 1160. The number of nitrogens with one attached hydrogen (secondary N) is 2. The van der Waals surface area contributed by atoms with Crippen molar-refractivity contribution in [3.8, 4) is 5.75 Å². The van der Waals surface area contributed by atoms with Gasteiger partial charge in [0.15, 0.2) is 0 Å². The first-order chi connectivity index (χ1) is 14.3. The quantitative estimate of drug-likeness (QED) is 0.556. The van der Waals surface area contributed by atoms with Crippen LogP contribution in [0.15, 0.2) is 71.6 Å². The molecule has 0 radical (unpaired) electrons. The van der Waals surface area contributed by atoms with Gasteiger partial charge in [0.2, 0.25) is 5.91 Å². The van der Waals surface area contributed by atoms with Crippen LogP contribution < -0.4 is 14.8 Å². The zero-order valence-electron chi connectivity index (χ0n) is 16.5. The number of anilines is 2. The fourth-order valence-electron chi connectivity index (χ4n) is 2.85. The summed E-state index contributed by atoms with van der Waals surface area (Å²) in [6, 6.07) is 18.5. The van der Waals surface area contributed by atoms with Crippen molar-refractivity contribution in [1.82, 2.24) is 0 Å².